The molecule has 2 aromatic rings. The van der Waals surface area contributed by atoms with Gasteiger partial charge in [-0.05, 0) is 50.6 Å². The van der Waals surface area contributed by atoms with E-state index in [1.165, 1.54) is 0 Å². The predicted octanol–water partition coefficient (Wildman–Crippen LogP) is 2.36. The topological polar surface area (TPSA) is 61.8 Å². The number of hydrogen-bond acceptors (Lipinski definition) is 6. The molecule has 1 fully saturated rings. The van der Waals surface area contributed by atoms with Crippen LogP contribution in [0, 0.1) is 6.92 Å². The largest absolute Gasteiger partial charge is 0.484 e. The molecule has 1 aliphatic heterocycles. The maximum atomic E-state index is 12.4. The lowest BCUT2D eigenvalue weighted by Crippen LogP contribution is -2.50. The number of benzene rings is 1. The smallest absolute Gasteiger partial charge is 0.260 e. The van der Waals surface area contributed by atoms with Crippen molar-refractivity contribution < 1.29 is 9.53 Å². The van der Waals surface area contributed by atoms with E-state index in [4.69, 9.17) is 4.74 Å². The third kappa shape index (κ3) is 4.91. The SMILES string of the molecule is CCN(CC)c1ccc(N2CCN(C(=O)COc3cccc(C)c3)CC2)nn1. The maximum Gasteiger partial charge on any atom is 0.260 e. The molecule has 1 aromatic carbocycles. The highest BCUT2D eigenvalue weighted by atomic mass is 16.5. The van der Waals surface area contributed by atoms with Crippen molar-refractivity contribution in [3.05, 3.63) is 42.0 Å². The van der Waals surface area contributed by atoms with Gasteiger partial charge in [0, 0.05) is 39.3 Å². The summed E-state index contributed by atoms with van der Waals surface area (Å²) >= 11 is 0. The van der Waals surface area contributed by atoms with Crippen molar-refractivity contribution in [2.45, 2.75) is 20.8 Å². The zero-order valence-electron chi connectivity index (χ0n) is 17.0. The second-order valence-corrected chi connectivity index (χ2v) is 6.90. The fourth-order valence-corrected chi connectivity index (χ4v) is 3.33. The molecule has 1 aliphatic rings. The van der Waals surface area contributed by atoms with Crippen molar-refractivity contribution in [2.24, 2.45) is 0 Å². The molecule has 28 heavy (non-hydrogen) atoms. The zero-order chi connectivity index (χ0) is 19.9. The molecule has 1 aromatic heterocycles. The molecule has 0 atom stereocenters. The molecule has 2 heterocycles. The molecule has 1 amide bonds. The Balaban J connectivity index is 1.49. The fraction of sp³-hybridized carbons (Fsp3) is 0.476. The molecule has 150 valence electrons. The van der Waals surface area contributed by atoms with Crippen LogP contribution < -0.4 is 14.5 Å². The number of anilines is 2. The van der Waals surface area contributed by atoms with Gasteiger partial charge in [-0.3, -0.25) is 4.79 Å². The highest BCUT2D eigenvalue weighted by Gasteiger charge is 2.22. The van der Waals surface area contributed by atoms with Crippen LogP contribution in [0.2, 0.25) is 0 Å². The summed E-state index contributed by atoms with van der Waals surface area (Å²) in [6, 6.07) is 11.8. The summed E-state index contributed by atoms with van der Waals surface area (Å²) in [5, 5.41) is 8.73. The van der Waals surface area contributed by atoms with Gasteiger partial charge < -0.3 is 19.4 Å². The van der Waals surface area contributed by atoms with E-state index in [1.807, 2.05) is 48.2 Å². The number of aromatic nitrogens is 2. The molecular formula is C21H29N5O2. The van der Waals surface area contributed by atoms with Gasteiger partial charge in [0.2, 0.25) is 0 Å². The lowest BCUT2D eigenvalue weighted by molar-refractivity contribution is -0.133. The number of rotatable bonds is 7. The average Bonchev–Trinajstić information content (AvgIpc) is 2.74. The lowest BCUT2D eigenvalue weighted by atomic mass is 10.2. The summed E-state index contributed by atoms with van der Waals surface area (Å²) in [6.07, 6.45) is 0. The van der Waals surface area contributed by atoms with Crippen LogP contribution in [0.3, 0.4) is 0 Å². The van der Waals surface area contributed by atoms with Crippen molar-refractivity contribution in [3.63, 3.8) is 0 Å². The number of carbonyl (C=O) groups is 1. The van der Waals surface area contributed by atoms with Gasteiger partial charge >= 0.3 is 0 Å². The standard InChI is InChI=1S/C21H29N5O2/c1-4-24(5-2)19-9-10-20(23-22-19)25-11-13-26(14-12-25)21(27)16-28-18-8-6-7-17(3)15-18/h6-10,15H,4-5,11-14,16H2,1-3H3. The quantitative estimate of drug-likeness (QED) is 0.731. The van der Waals surface area contributed by atoms with Gasteiger partial charge in [0.05, 0.1) is 0 Å². The van der Waals surface area contributed by atoms with E-state index >= 15 is 0 Å². The summed E-state index contributed by atoms with van der Waals surface area (Å²) in [7, 11) is 0. The van der Waals surface area contributed by atoms with Gasteiger partial charge in [0.15, 0.2) is 18.2 Å². The van der Waals surface area contributed by atoms with E-state index in [0.717, 1.165) is 49.1 Å². The Labute approximate surface area is 166 Å². The summed E-state index contributed by atoms with van der Waals surface area (Å²) in [5.41, 5.74) is 1.12. The lowest BCUT2D eigenvalue weighted by Gasteiger charge is -2.35. The van der Waals surface area contributed by atoms with Crippen molar-refractivity contribution >= 4 is 17.5 Å². The minimum Gasteiger partial charge on any atom is -0.484 e. The first-order chi connectivity index (χ1) is 13.6. The molecule has 0 aliphatic carbocycles. The van der Waals surface area contributed by atoms with Crippen LogP contribution in [0.5, 0.6) is 5.75 Å². The number of amides is 1. The number of carbonyl (C=O) groups excluding carboxylic acids is 1. The number of piperazine rings is 1. The van der Waals surface area contributed by atoms with Crippen molar-refractivity contribution in [1.29, 1.82) is 0 Å². The van der Waals surface area contributed by atoms with Gasteiger partial charge in [0.1, 0.15) is 5.75 Å². The number of hydrogen-bond donors (Lipinski definition) is 0. The summed E-state index contributed by atoms with van der Waals surface area (Å²) in [6.45, 7) is 10.9. The van der Waals surface area contributed by atoms with Crippen LogP contribution in [0.25, 0.3) is 0 Å². The van der Waals surface area contributed by atoms with Gasteiger partial charge in [0.25, 0.3) is 5.91 Å². The van der Waals surface area contributed by atoms with Crippen LogP contribution in [0.4, 0.5) is 11.6 Å². The van der Waals surface area contributed by atoms with Gasteiger partial charge in [-0.1, -0.05) is 12.1 Å². The van der Waals surface area contributed by atoms with Crippen LogP contribution in [-0.2, 0) is 4.79 Å². The van der Waals surface area contributed by atoms with Crippen LogP contribution >= 0.6 is 0 Å². The van der Waals surface area contributed by atoms with E-state index in [1.54, 1.807) is 0 Å². The summed E-state index contributed by atoms with van der Waals surface area (Å²) in [4.78, 5) is 18.6. The second-order valence-electron chi connectivity index (χ2n) is 6.90. The highest BCUT2D eigenvalue weighted by molar-refractivity contribution is 5.78. The minimum absolute atomic E-state index is 0.0177. The Morgan fingerprint density at radius 3 is 2.43 bits per heavy atom. The third-order valence-electron chi connectivity index (χ3n) is 5.03. The van der Waals surface area contributed by atoms with Gasteiger partial charge in [-0.15, -0.1) is 10.2 Å². The highest BCUT2D eigenvalue weighted by Crippen LogP contribution is 2.17. The monoisotopic (exact) mass is 383 g/mol. The molecule has 7 nitrogen and oxygen atoms in total. The van der Waals surface area contributed by atoms with E-state index < -0.39 is 0 Å². The molecule has 3 rings (SSSR count). The van der Waals surface area contributed by atoms with E-state index in [2.05, 4.69) is 33.8 Å². The predicted molar refractivity (Wildman–Crippen MR) is 111 cm³/mol. The molecule has 0 bridgehead atoms. The Morgan fingerprint density at radius 1 is 1.07 bits per heavy atom. The molecule has 0 spiro atoms. The average molecular weight is 383 g/mol. The van der Waals surface area contributed by atoms with Crippen LogP contribution in [-0.4, -0.2) is 66.9 Å². The van der Waals surface area contributed by atoms with Crippen molar-refractivity contribution in [3.8, 4) is 5.75 Å². The number of ether oxygens (including phenoxy) is 1. The Morgan fingerprint density at radius 2 is 1.82 bits per heavy atom. The molecule has 0 N–H and O–H groups in total. The van der Waals surface area contributed by atoms with E-state index in [-0.39, 0.29) is 12.5 Å². The normalized spacial score (nSPS) is 14.1. The molecule has 1 saturated heterocycles. The summed E-state index contributed by atoms with van der Waals surface area (Å²) < 4.78 is 5.64. The minimum atomic E-state index is 0.0177. The van der Waals surface area contributed by atoms with E-state index in [0.29, 0.717) is 13.1 Å². The molecule has 0 unspecified atom stereocenters. The van der Waals surface area contributed by atoms with Crippen LogP contribution in [0.15, 0.2) is 36.4 Å². The molecule has 0 radical (unpaired) electrons. The first-order valence-electron chi connectivity index (χ1n) is 9.91. The fourth-order valence-electron chi connectivity index (χ4n) is 3.33. The molecule has 7 heteroatoms. The maximum absolute atomic E-state index is 12.4. The Kier molecular flexibility index (Phi) is 6.68. The van der Waals surface area contributed by atoms with E-state index in [9.17, 15) is 4.79 Å². The molecular weight excluding hydrogens is 354 g/mol. The van der Waals surface area contributed by atoms with Gasteiger partial charge in [-0.2, -0.15) is 0 Å². The van der Waals surface area contributed by atoms with Crippen LogP contribution in [0.1, 0.15) is 19.4 Å². The third-order valence-corrected chi connectivity index (χ3v) is 5.03. The van der Waals surface area contributed by atoms with Crippen molar-refractivity contribution in [1.82, 2.24) is 15.1 Å². The Hall–Kier alpha value is -2.83. The second kappa shape index (κ2) is 9.39. The first-order valence-corrected chi connectivity index (χ1v) is 9.91. The Bertz CT molecular complexity index is 769. The number of nitrogens with zero attached hydrogens (tertiary/aromatic N) is 5. The van der Waals surface area contributed by atoms with Crippen molar-refractivity contribution in [2.75, 3.05) is 55.7 Å². The van der Waals surface area contributed by atoms with Gasteiger partial charge in [-0.25, -0.2) is 0 Å². The molecule has 0 saturated carbocycles. The first kappa shape index (κ1) is 19.9. The number of aryl methyl sites for hydroxylation is 1. The zero-order valence-corrected chi connectivity index (χ0v) is 17.0. The summed E-state index contributed by atoms with van der Waals surface area (Å²) in [5.74, 6) is 2.51.